The Morgan fingerprint density at radius 1 is 1.21 bits per heavy atom. The van der Waals surface area contributed by atoms with Gasteiger partial charge in [-0.05, 0) is 49.1 Å². The van der Waals surface area contributed by atoms with Crippen LogP contribution in [0.3, 0.4) is 0 Å². The Labute approximate surface area is 160 Å². The van der Waals surface area contributed by atoms with Gasteiger partial charge in [0.1, 0.15) is 11.5 Å². The van der Waals surface area contributed by atoms with Crippen molar-refractivity contribution in [1.29, 1.82) is 0 Å². The largest absolute Gasteiger partial charge is 0.497 e. The second kappa shape index (κ2) is 8.08. The van der Waals surface area contributed by atoms with Gasteiger partial charge in [0.05, 0.1) is 25.0 Å². The summed E-state index contributed by atoms with van der Waals surface area (Å²) in [5.41, 5.74) is 1.65. The van der Waals surface area contributed by atoms with E-state index in [4.69, 9.17) is 4.74 Å². The zero-order chi connectivity index (χ0) is 20.3. The predicted molar refractivity (Wildman–Crippen MR) is 96.2 cm³/mol. The average molecular weight is 394 g/mol. The fraction of sp³-hybridized carbons (Fsp3) is 0.400. The third-order valence-corrected chi connectivity index (χ3v) is 4.64. The van der Waals surface area contributed by atoms with Gasteiger partial charge in [0.25, 0.3) is 0 Å². The zero-order valence-corrected chi connectivity index (χ0v) is 15.5. The minimum Gasteiger partial charge on any atom is -0.497 e. The van der Waals surface area contributed by atoms with E-state index >= 15 is 0 Å². The molecule has 8 heteroatoms. The lowest BCUT2D eigenvalue weighted by atomic mass is 10.1. The quantitative estimate of drug-likeness (QED) is 0.771. The molecule has 1 amide bonds. The Kier molecular flexibility index (Phi) is 5.76. The van der Waals surface area contributed by atoms with E-state index in [0.29, 0.717) is 5.69 Å². The van der Waals surface area contributed by atoms with Crippen LogP contribution >= 0.6 is 0 Å². The molecule has 5 nitrogen and oxygen atoms in total. The van der Waals surface area contributed by atoms with E-state index in [0.717, 1.165) is 17.7 Å². The van der Waals surface area contributed by atoms with Crippen molar-refractivity contribution < 1.29 is 27.4 Å². The lowest BCUT2D eigenvalue weighted by molar-refractivity contribution is -0.153. The van der Waals surface area contributed by atoms with E-state index in [2.05, 4.69) is 15.0 Å². The molecular weight excluding hydrogens is 373 g/mol. The van der Waals surface area contributed by atoms with Crippen LogP contribution in [0.5, 0.6) is 11.5 Å². The van der Waals surface area contributed by atoms with Crippen LogP contribution in [-0.4, -0.2) is 30.8 Å². The highest BCUT2D eigenvalue weighted by molar-refractivity contribution is 5.83. The molecule has 3 rings (SSSR count). The molecule has 3 atom stereocenters. The monoisotopic (exact) mass is 394 g/mol. The molecule has 1 aromatic carbocycles. The van der Waals surface area contributed by atoms with Crippen molar-refractivity contribution in [2.75, 3.05) is 13.7 Å². The zero-order valence-electron chi connectivity index (χ0n) is 15.5. The Bertz CT molecular complexity index is 807. The highest BCUT2D eigenvalue weighted by atomic mass is 19.4. The standard InChI is InChI=1S/C20H21F3N2O3/c1-12(18-8-7-15(10-24-18)28-11-20(21,22)23)25-19(26)17-9-16(17)13-3-5-14(27-2)6-4-13/h3-8,10,12,16-17H,9,11H2,1-2H3,(H,25,26)/t12-,16?,17?/m1/s1. The number of halogens is 3. The van der Waals surface area contributed by atoms with Crippen molar-refractivity contribution in [3.05, 3.63) is 53.9 Å². The molecule has 150 valence electrons. The number of methoxy groups -OCH3 is 1. The second-order valence-electron chi connectivity index (χ2n) is 6.77. The van der Waals surface area contributed by atoms with E-state index in [1.54, 1.807) is 20.1 Å². The molecule has 0 aliphatic heterocycles. The average Bonchev–Trinajstić information content (AvgIpc) is 3.47. The normalized spacial score (nSPS) is 19.6. The Morgan fingerprint density at radius 3 is 2.46 bits per heavy atom. The van der Waals surface area contributed by atoms with Crippen molar-refractivity contribution >= 4 is 5.91 Å². The van der Waals surface area contributed by atoms with Gasteiger partial charge < -0.3 is 14.8 Å². The molecule has 28 heavy (non-hydrogen) atoms. The number of carbonyl (C=O) groups is 1. The lowest BCUT2D eigenvalue weighted by Gasteiger charge is -2.14. The highest BCUT2D eigenvalue weighted by Crippen LogP contribution is 2.48. The van der Waals surface area contributed by atoms with Crippen molar-refractivity contribution in [3.63, 3.8) is 0 Å². The number of rotatable bonds is 7. The number of nitrogens with zero attached hydrogens (tertiary/aromatic N) is 1. The SMILES string of the molecule is COc1ccc(C2CC2C(=O)N[C@H](C)c2ccc(OCC(F)(F)F)cn2)cc1. The first-order chi connectivity index (χ1) is 13.3. The molecule has 1 aliphatic rings. The predicted octanol–water partition coefficient (Wildman–Crippen LogP) is 4.01. The summed E-state index contributed by atoms with van der Waals surface area (Å²) in [4.78, 5) is 16.5. The van der Waals surface area contributed by atoms with Crippen LogP contribution in [0.25, 0.3) is 0 Å². The molecule has 1 saturated carbocycles. The maximum Gasteiger partial charge on any atom is 0.422 e. The first kappa shape index (κ1) is 20.0. The van der Waals surface area contributed by atoms with E-state index in [-0.39, 0.29) is 29.5 Å². The lowest BCUT2D eigenvalue weighted by Crippen LogP contribution is -2.29. The molecular formula is C20H21F3N2O3. The van der Waals surface area contributed by atoms with Gasteiger partial charge in [-0.1, -0.05) is 12.1 Å². The van der Waals surface area contributed by atoms with Crippen LogP contribution in [0.2, 0.25) is 0 Å². The molecule has 1 aliphatic carbocycles. The molecule has 0 bridgehead atoms. The smallest absolute Gasteiger partial charge is 0.422 e. The molecule has 1 aromatic heterocycles. The van der Waals surface area contributed by atoms with Gasteiger partial charge in [0.15, 0.2) is 6.61 Å². The van der Waals surface area contributed by atoms with E-state index in [9.17, 15) is 18.0 Å². The van der Waals surface area contributed by atoms with E-state index < -0.39 is 12.8 Å². The summed E-state index contributed by atoms with van der Waals surface area (Å²) in [7, 11) is 1.60. The minimum atomic E-state index is -4.40. The first-order valence-corrected chi connectivity index (χ1v) is 8.86. The Morgan fingerprint density at radius 2 is 1.89 bits per heavy atom. The summed E-state index contributed by atoms with van der Waals surface area (Å²) in [5.74, 6) is 0.830. The van der Waals surface area contributed by atoms with Crippen molar-refractivity contribution in [3.8, 4) is 11.5 Å². The molecule has 1 N–H and O–H groups in total. The molecule has 0 saturated heterocycles. The number of ether oxygens (including phenoxy) is 2. The summed E-state index contributed by atoms with van der Waals surface area (Å²) in [5, 5.41) is 2.91. The summed E-state index contributed by atoms with van der Waals surface area (Å²) in [6.07, 6.45) is -2.39. The number of pyridine rings is 1. The first-order valence-electron chi connectivity index (χ1n) is 8.86. The summed E-state index contributed by atoms with van der Waals surface area (Å²) in [6, 6.07) is 10.3. The van der Waals surface area contributed by atoms with E-state index in [1.807, 2.05) is 24.3 Å². The van der Waals surface area contributed by atoms with Crippen molar-refractivity contribution in [2.24, 2.45) is 5.92 Å². The van der Waals surface area contributed by atoms with Gasteiger partial charge in [0, 0.05) is 5.92 Å². The third kappa shape index (κ3) is 5.15. The van der Waals surface area contributed by atoms with Gasteiger partial charge in [-0.25, -0.2) is 0 Å². The minimum absolute atomic E-state index is 0.0290. The number of carbonyl (C=O) groups excluding carboxylic acids is 1. The highest BCUT2D eigenvalue weighted by Gasteiger charge is 2.44. The number of hydrogen-bond acceptors (Lipinski definition) is 4. The summed E-state index contributed by atoms with van der Waals surface area (Å²) < 4.78 is 46.3. The fourth-order valence-electron chi connectivity index (χ4n) is 3.00. The van der Waals surface area contributed by atoms with Gasteiger partial charge in [-0.3, -0.25) is 9.78 Å². The van der Waals surface area contributed by atoms with Crippen molar-refractivity contribution in [1.82, 2.24) is 10.3 Å². The van der Waals surface area contributed by atoms with Crippen LogP contribution in [-0.2, 0) is 4.79 Å². The third-order valence-electron chi connectivity index (χ3n) is 4.64. The Balaban J connectivity index is 1.51. The van der Waals surface area contributed by atoms with Crippen LogP contribution in [0, 0.1) is 5.92 Å². The molecule has 0 radical (unpaired) electrons. The number of amides is 1. The van der Waals surface area contributed by atoms with Gasteiger partial charge >= 0.3 is 6.18 Å². The van der Waals surface area contributed by atoms with Gasteiger partial charge in [-0.2, -0.15) is 13.2 Å². The molecule has 1 heterocycles. The summed E-state index contributed by atoms with van der Waals surface area (Å²) in [6.45, 7) is 0.413. The molecule has 2 unspecified atom stereocenters. The van der Waals surface area contributed by atoms with Crippen LogP contribution in [0.1, 0.15) is 36.6 Å². The van der Waals surface area contributed by atoms with Crippen LogP contribution in [0.4, 0.5) is 13.2 Å². The maximum atomic E-state index is 12.5. The topological polar surface area (TPSA) is 60.5 Å². The molecule has 2 aromatic rings. The second-order valence-corrected chi connectivity index (χ2v) is 6.77. The van der Waals surface area contributed by atoms with Crippen LogP contribution in [0.15, 0.2) is 42.6 Å². The molecule has 1 fully saturated rings. The molecule has 0 spiro atoms. The fourth-order valence-corrected chi connectivity index (χ4v) is 3.00. The Hall–Kier alpha value is -2.77. The van der Waals surface area contributed by atoms with E-state index in [1.165, 1.54) is 12.3 Å². The van der Waals surface area contributed by atoms with Crippen molar-refractivity contribution in [2.45, 2.75) is 31.5 Å². The van der Waals surface area contributed by atoms with Gasteiger partial charge in [-0.15, -0.1) is 0 Å². The van der Waals surface area contributed by atoms with Gasteiger partial charge in [0.2, 0.25) is 5.91 Å². The number of nitrogens with one attached hydrogen (secondary N) is 1. The number of alkyl halides is 3. The maximum absolute atomic E-state index is 12.5. The number of hydrogen-bond donors (Lipinski definition) is 1. The summed E-state index contributed by atoms with van der Waals surface area (Å²) >= 11 is 0. The number of benzene rings is 1. The number of aromatic nitrogens is 1. The van der Waals surface area contributed by atoms with Crippen LogP contribution < -0.4 is 14.8 Å².